The van der Waals surface area contributed by atoms with Gasteiger partial charge < -0.3 is 4.57 Å². The molecular weight excluding hydrogens is 176 g/mol. The maximum absolute atomic E-state index is 10.6. The highest BCUT2D eigenvalue weighted by Gasteiger charge is 2.03. The molecule has 3 heteroatoms. The molecule has 1 aromatic heterocycles. The van der Waals surface area contributed by atoms with Crippen LogP contribution in [0.25, 0.3) is 6.08 Å². The van der Waals surface area contributed by atoms with E-state index in [1.807, 2.05) is 17.6 Å². The minimum Gasteiger partial charge on any atom is -0.329 e. The van der Waals surface area contributed by atoms with E-state index in [1.54, 1.807) is 12.5 Å². The standard InChI is InChI=1S/C11H16N2O/c1-4-10(7-14)5-11-6-12-8-13(11)9(2)3/h5-9H,4H2,1-3H3. The van der Waals surface area contributed by atoms with E-state index >= 15 is 0 Å². The van der Waals surface area contributed by atoms with Gasteiger partial charge in [-0.05, 0) is 31.9 Å². The zero-order valence-electron chi connectivity index (χ0n) is 8.90. The summed E-state index contributed by atoms with van der Waals surface area (Å²) in [6.45, 7) is 6.15. The summed E-state index contributed by atoms with van der Waals surface area (Å²) in [5.74, 6) is 0. The number of nitrogens with zero attached hydrogens (tertiary/aromatic N) is 2. The quantitative estimate of drug-likeness (QED) is 0.542. The van der Waals surface area contributed by atoms with Gasteiger partial charge in [0.1, 0.15) is 6.29 Å². The van der Waals surface area contributed by atoms with E-state index in [1.165, 1.54) is 0 Å². The van der Waals surface area contributed by atoms with Crippen LogP contribution in [0.15, 0.2) is 18.1 Å². The number of rotatable bonds is 4. The van der Waals surface area contributed by atoms with Gasteiger partial charge in [-0.2, -0.15) is 0 Å². The fourth-order valence-electron chi connectivity index (χ4n) is 1.27. The molecule has 14 heavy (non-hydrogen) atoms. The van der Waals surface area contributed by atoms with E-state index in [-0.39, 0.29) is 0 Å². The molecule has 0 aromatic carbocycles. The van der Waals surface area contributed by atoms with Crippen LogP contribution in [0.4, 0.5) is 0 Å². The Hall–Kier alpha value is -1.38. The number of hydrogen-bond donors (Lipinski definition) is 0. The molecule has 0 unspecified atom stereocenters. The van der Waals surface area contributed by atoms with Crippen molar-refractivity contribution >= 4 is 12.4 Å². The summed E-state index contributed by atoms with van der Waals surface area (Å²) >= 11 is 0. The van der Waals surface area contributed by atoms with Crippen LogP contribution in [0, 0.1) is 0 Å². The zero-order valence-corrected chi connectivity index (χ0v) is 8.90. The highest BCUT2D eigenvalue weighted by atomic mass is 16.1. The van der Waals surface area contributed by atoms with Gasteiger partial charge in [0, 0.05) is 6.04 Å². The van der Waals surface area contributed by atoms with Gasteiger partial charge in [0.05, 0.1) is 18.2 Å². The maximum atomic E-state index is 10.6. The molecule has 1 rings (SSSR count). The Morgan fingerprint density at radius 3 is 2.86 bits per heavy atom. The van der Waals surface area contributed by atoms with E-state index in [2.05, 4.69) is 18.8 Å². The molecule has 0 spiro atoms. The Bertz CT molecular complexity index is 337. The van der Waals surface area contributed by atoms with Gasteiger partial charge in [0.2, 0.25) is 0 Å². The van der Waals surface area contributed by atoms with Gasteiger partial charge in [0.25, 0.3) is 0 Å². The first-order valence-electron chi connectivity index (χ1n) is 4.86. The average Bonchev–Trinajstić information content (AvgIpc) is 2.62. The predicted octanol–water partition coefficient (Wildman–Crippen LogP) is 2.46. The first-order valence-corrected chi connectivity index (χ1v) is 4.86. The predicted molar refractivity (Wildman–Crippen MR) is 56.9 cm³/mol. The second kappa shape index (κ2) is 4.74. The van der Waals surface area contributed by atoms with Crippen LogP contribution in [0.1, 0.15) is 38.9 Å². The van der Waals surface area contributed by atoms with Crippen LogP contribution in [-0.4, -0.2) is 15.8 Å². The van der Waals surface area contributed by atoms with E-state index in [0.717, 1.165) is 24.0 Å². The highest BCUT2D eigenvalue weighted by molar-refractivity contribution is 5.80. The van der Waals surface area contributed by atoms with E-state index in [9.17, 15) is 4.79 Å². The molecule has 76 valence electrons. The van der Waals surface area contributed by atoms with Crippen LogP contribution >= 0.6 is 0 Å². The molecule has 0 bridgehead atoms. The molecule has 0 radical (unpaired) electrons. The molecule has 0 N–H and O–H groups in total. The minimum absolute atomic E-state index is 0.369. The third-order valence-electron chi connectivity index (χ3n) is 2.15. The fourth-order valence-corrected chi connectivity index (χ4v) is 1.27. The van der Waals surface area contributed by atoms with Crippen molar-refractivity contribution in [1.29, 1.82) is 0 Å². The Morgan fingerprint density at radius 2 is 2.36 bits per heavy atom. The first kappa shape index (κ1) is 10.7. The highest BCUT2D eigenvalue weighted by Crippen LogP contribution is 2.12. The monoisotopic (exact) mass is 192 g/mol. The van der Waals surface area contributed by atoms with E-state index in [4.69, 9.17) is 0 Å². The lowest BCUT2D eigenvalue weighted by molar-refractivity contribution is -0.104. The molecule has 0 saturated carbocycles. The molecule has 0 aliphatic heterocycles. The topological polar surface area (TPSA) is 34.9 Å². The fraction of sp³-hybridized carbons (Fsp3) is 0.455. The van der Waals surface area contributed by atoms with Crippen LogP contribution in [0.3, 0.4) is 0 Å². The van der Waals surface area contributed by atoms with Gasteiger partial charge in [-0.15, -0.1) is 0 Å². The molecule has 0 atom stereocenters. The number of carbonyl (C=O) groups excluding carboxylic acids is 1. The normalized spacial score (nSPS) is 12.1. The zero-order chi connectivity index (χ0) is 10.6. The van der Waals surface area contributed by atoms with Crippen molar-refractivity contribution in [3.8, 4) is 0 Å². The molecule has 0 saturated heterocycles. The lowest BCUT2D eigenvalue weighted by atomic mass is 10.2. The summed E-state index contributed by atoms with van der Waals surface area (Å²) in [6.07, 6.45) is 7.11. The Labute approximate surface area is 84.5 Å². The van der Waals surface area contributed by atoms with Crippen molar-refractivity contribution in [1.82, 2.24) is 9.55 Å². The third-order valence-corrected chi connectivity index (χ3v) is 2.15. The summed E-state index contributed by atoms with van der Waals surface area (Å²) in [6, 6.07) is 0.369. The lowest BCUT2D eigenvalue weighted by Gasteiger charge is -2.09. The molecule has 1 aromatic rings. The number of hydrogen-bond acceptors (Lipinski definition) is 2. The minimum atomic E-state index is 0.369. The van der Waals surface area contributed by atoms with Crippen molar-refractivity contribution < 1.29 is 4.79 Å². The smallest absolute Gasteiger partial charge is 0.146 e. The number of aromatic nitrogens is 2. The van der Waals surface area contributed by atoms with Gasteiger partial charge in [-0.25, -0.2) is 4.98 Å². The lowest BCUT2D eigenvalue weighted by Crippen LogP contribution is -2.01. The van der Waals surface area contributed by atoms with Crippen molar-refractivity contribution in [3.05, 3.63) is 23.8 Å². The van der Waals surface area contributed by atoms with Gasteiger partial charge in [-0.1, -0.05) is 6.92 Å². The van der Waals surface area contributed by atoms with Crippen LogP contribution in [-0.2, 0) is 4.79 Å². The maximum Gasteiger partial charge on any atom is 0.146 e. The number of aldehydes is 1. The van der Waals surface area contributed by atoms with E-state index < -0.39 is 0 Å². The van der Waals surface area contributed by atoms with Gasteiger partial charge in [-0.3, -0.25) is 4.79 Å². The molecular formula is C11H16N2O. The summed E-state index contributed by atoms with van der Waals surface area (Å²) in [5.41, 5.74) is 1.79. The largest absolute Gasteiger partial charge is 0.329 e. The van der Waals surface area contributed by atoms with Crippen LogP contribution in [0.5, 0.6) is 0 Å². The molecule has 0 aliphatic carbocycles. The van der Waals surface area contributed by atoms with Crippen molar-refractivity contribution in [3.63, 3.8) is 0 Å². The first-order chi connectivity index (χ1) is 6.69. The summed E-state index contributed by atoms with van der Waals surface area (Å²) in [4.78, 5) is 14.7. The second-order valence-electron chi connectivity index (χ2n) is 3.51. The molecule has 0 aliphatic rings. The average molecular weight is 192 g/mol. The summed E-state index contributed by atoms with van der Waals surface area (Å²) in [5, 5.41) is 0. The van der Waals surface area contributed by atoms with Crippen molar-refractivity contribution in [2.24, 2.45) is 0 Å². The Kier molecular flexibility index (Phi) is 3.63. The number of carbonyl (C=O) groups is 1. The van der Waals surface area contributed by atoms with Crippen LogP contribution in [0.2, 0.25) is 0 Å². The number of allylic oxidation sites excluding steroid dienone is 1. The Morgan fingerprint density at radius 1 is 1.64 bits per heavy atom. The van der Waals surface area contributed by atoms with E-state index in [0.29, 0.717) is 6.04 Å². The Balaban J connectivity index is 3.01. The third kappa shape index (κ3) is 2.31. The molecule has 0 amide bonds. The summed E-state index contributed by atoms with van der Waals surface area (Å²) in [7, 11) is 0. The summed E-state index contributed by atoms with van der Waals surface area (Å²) < 4.78 is 2.04. The molecule has 3 nitrogen and oxygen atoms in total. The van der Waals surface area contributed by atoms with Crippen molar-refractivity contribution in [2.75, 3.05) is 0 Å². The molecule has 1 heterocycles. The van der Waals surface area contributed by atoms with Gasteiger partial charge in [0.15, 0.2) is 0 Å². The van der Waals surface area contributed by atoms with Gasteiger partial charge >= 0.3 is 0 Å². The SMILES string of the molecule is CCC(C=O)=Cc1cncn1C(C)C. The number of imidazole rings is 1. The molecule has 0 fully saturated rings. The van der Waals surface area contributed by atoms with Crippen LogP contribution < -0.4 is 0 Å². The second-order valence-corrected chi connectivity index (χ2v) is 3.51. The van der Waals surface area contributed by atoms with Crippen molar-refractivity contribution in [2.45, 2.75) is 33.2 Å².